The average molecular weight is 271 g/mol. The molecule has 0 heterocycles. The van der Waals surface area contributed by atoms with E-state index in [0.717, 1.165) is 37.3 Å². The van der Waals surface area contributed by atoms with Crippen LogP contribution in [0.2, 0.25) is 0 Å². The van der Waals surface area contributed by atoms with Crippen molar-refractivity contribution in [3.63, 3.8) is 0 Å². The number of hydrogen-bond donors (Lipinski definition) is 1. The summed E-state index contributed by atoms with van der Waals surface area (Å²) in [5.74, 6) is 0.495. The SMILES string of the molecule is CNC1CCCC(Cc2cccc(C(F)(F)F)c2)C1. The molecule has 106 valence electrons. The van der Waals surface area contributed by atoms with Crippen LogP contribution in [0.5, 0.6) is 0 Å². The molecule has 1 aliphatic carbocycles. The first-order chi connectivity index (χ1) is 8.99. The Morgan fingerprint density at radius 2 is 2.05 bits per heavy atom. The minimum absolute atomic E-state index is 0.495. The second kappa shape index (κ2) is 5.95. The number of alkyl halides is 3. The minimum atomic E-state index is -4.24. The van der Waals surface area contributed by atoms with Gasteiger partial charge in [-0.3, -0.25) is 0 Å². The Morgan fingerprint density at radius 1 is 1.26 bits per heavy atom. The van der Waals surface area contributed by atoms with Gasteiger partial charge in [-0.1, -0.05) is 31.0 Å². The van der Waals surface area contributed by atoms with E-state index < -0.39 is 11.7 Å². The van der Waals surface area contributed by atoms with Crippen molar-refractivity contribution in [3.8, 4) is 0 Å². The number of rotatable bonds is 3. The lowest BCUT2D eigenvalue weighted by Gasteiger charge is -2.29. The average Bonchev–Trinajstić information content (AvgIpc) is 2.38. The van der Waals surface area contributed by atoms with Gasteiger partial charge in [0.15, 0.2) is 0 Å². The normalized spacial score (nSPS) is 24.4. The Kier molecular flexibility index (Phi) is 4.50. The molecule has 19 heavy (non-hydrogen) atoms. The maximum absolute atomic E-state index is 12.7. The molecule has 0 bridgehead atoms. The zero-order valence-corrected chi connectivity index (χ0v) is 11.1. The summed E-state index contributed by atoms with van der Waals surface area (Å²) in [7, 11) is 1.96. The molecule has 0 aromatic heterocycles. The molecule has 1 aliphatic rings. The summed E-state index contributed by atoms with van der Waals surface area (Å²) < 4.78 is 38.0. The zero-order valence-electron chi connectivity index (χ0n) is 11.1. The second-order valence-corrected chi connectivity index (χ2v) is 5.42. The third-order valence-corrected chi connectivity index (χ3v) is 3.97. The van der Waals surface area contributed by atoms with Crippen molar-refractivity contribution >= 4 is 0 Å². The van der Waals surface area contributed by atoms with Gasteiger partial charge >= 0.3 is 6.18 Å². The molecule has 0 radical (unpaired) electrons. The lowest BCUT2D eigenvalue weighted by atomic mass is 9.82. The van der Waals surface area contributed by atoms with Crippen molar-refractivity contribution < 1.29 is 13.2 Å². The number of hydrogen-bond acceptors (Lipinski definition) is 1. The Labute approximate surface area is 112 Å². The molecule has 1 fully saturated rings. The highest BCUT2D eigenvalue weighted by Crippen LogP contribution is 2.32. The van der Waals surface area contributed by atoms with Crippen LogP contribution in [0.15, 0.2) is 24.3 Å². The van der Waals surface area contributed by atoms with Crippen LogP contribution in [0.3, 0.4) is 0 Å². The van der Waals surface area contributed by atoms with Gasteiger partial charge in [-0.2, -0.15) is 13.2 Å². The predicted octanol–water partition coefficient (Wildman–Crippen LogP) is 4.03. The van der Waals surface area contributed by atoms with Gasteiger partial charge in [0.2, 0.25) is 0 Å². The van der Waals surface area contributed by atoms with Gasteiger partial charge in [0.05, 0.1) is 5.56 Å². The smallest absolute Gasteiger partial charge is 0.317 e. The minimum Gasteiger partial charge on any atom is -0.317 e. The van der Waals surface area contributed by atoms with Crippen molar-refractivity contribution in [1.29, 1.82) is 0 Å². The summed E-state index contributed by atoms with van der Waals surface area (Å²) in [6.45, 7) is 0. The summed E-state index contributed by atoms with van der Waals surface area (Å²) in [4.78, 5) is 0. The quantitative estimate of drug-likeness (QED) is 0.875. The molecule has 2 atom stereocenters. The number of halogens is 3. The standard InChI is InChI=1S/C15H20F3N/c1-19-14-7-3-5-12(10-14)8-11-4-2-6-13(9-11)15(16,17)18/h2,4,6,9,12,14,19H,3,5,7-8,10H2,1H3. The van der Waals surface area contributed by atoms with Crippen molar-refractivity contribution in [3.05, 3.63) is 35.4 Å². The summed E-state index contributed by atoms with van der Waals surface area (Å²) in [5.41, 5.74) is 0.266. The summed E-state index contributed by atoms with van der Waals surface area (Å²) in [6.07, 6.45) is 1.03. The lowest BCUT2D eigenvalue weighted by Crippen LogP contribution is -2.31. The van der Waals surface area contributed by atoms with Crippen molar-refractivity contribution in [2.45, 2.75) is 44.3 Å². The summed E-state index contributed by atoms with van der Waals surface area (Å²) in [5, 5.41) is 3.28. The first-order valence-corrected chi connectivity index (χ1v) is 6.82. The topological polar surface area (TPSA) is 12.0 Å². The molecule has 2 unspecified atom stereocenters. The maximum atomic E-state index is 12.7. The Hall–Kier alpha value is -1.03. The summed E-state index contributed by atoms with van der Waals surface area (Å²) >= 11 is 0. The van der Waals surface area contributed by atoms with E-state index in [1.54, 1.807) is 6.07 Å². The molecule has 1 N–H and O–H groups in total. The van der Waals surface area contributed by atoms with Crippen molar-refractivity contribution in [2.24, 2.45) is 5.92 Å². The Bertz CT molecular complexity index is 414. The van der Waals surface area contributed by atoms with E-state index in [2.05, 4.69) is 5.32 Å². The third-order valence-electron chi connectivity index (χ3n) is 3.97. The largest absolute Gasteiger partial charge is 0.416 e. The van der Waals surface area contributed by atoms with Gasteiger partial charge < -0.3 is 5.32 Å². The van der Waals surface area contributed by atoms with E-state index in [-0.39, 0.29) is 0 Å². The molecule has 0 saturated heterocycles. The van der Waals surface area contributed by atoms with E-state index in [0.29, 0.717) is 12.0 Å². The molecular weight excluding hydrogens is 251 g/mol. The van der Waals surface area contributed by atoms with Crippen LogP contribution in [-0.4, -0.2) is 13.1 Å². The van der Waals surface area contributed by atoms with Crippen LogP contribution >= 0.6 is 0 Å². The van der Waals surface area contributed by atoms with Gasteiger partial charge in [-0.25, -0.2) is 0 Å². The van der Waals surface area contributed by atoms with Crippen LogP contribution in [0.1, 0.15) is 36.8 Å². The van der Waals surface area contributed by atoms with E-state index in [9.17, 15) is 13.2 Å². The monoisotopic (exact) mass is 271 g/mol. The fourth-order valence-corrected chi connectivity index (χ4v) is 2.95. The van der Waals surface area contributed by atoms with Gasteiger partial charge in [-0.15, -0.1) is 0 Å². The zero-order chi connectivity index (χ0) is 13.9. The molecular formula is C15H20F3N. The van der Waals surface area contributed by atoms with Crippen LogP contribution in [0.4, 0.5) is 13.2 Å². The van der Waals surface area contributed by atoms with E-state index in [4.69, 9.17) is 0 Å². The molecule has 1 saturated carbocycles. The van der Waals surface area contributed by atoms with Crippen LogP contribution in [0, 0.1) is 5.92 Å². The van der Waals surface area contributed by atoms with Crippen molar-refractivity contribution in [1.82, 2.24) is 5.32 Å². The molecule has 0 aliphatic heterocycles. The molecule has 0 spiro atoms. The van der Waals surface area contributed by atoms with Crippen molar-refractivity contribution in [2.75, 3.05) is 7.05 Å². The number of nitrogens with one attached hydrogen (secondary N) is 1. The fourth-order valence-electron chi connectivity index (χ4n) is 2.95. The fraction of sp³-hybridized carbons (Fsp3) is 0.600. The molecule has 1 aromatic carbocycles. The molecule has 1 aromatic rings. The van der Waals surface area contributed by atoms with Gasteiger partial charge in [-0.05, 0) is 43.9 Å². The second-order valence-electron chi connectivity index (χ2n) is 5.42. The van der Waals surface area contributed by atoms with Gasteiger partial charge in [0, 0.05) is 6.04 Å². The van der Waals surface area contributed by atoms with Gasteiger partial charge in [0.25, 0.3) is 0 Å². The number of benzene rings is 1. The van der Waals surface area contributed by atoms with E-state index in [1.165, 1.54) is 18.6 Å². The highest BCUT2D eigenvalue weighted by Gasteiger charge is 2.30. The van der Waals surface area contributed by atoms with Gasteiger partial charge in [0.1, 0.15) is 0 Å². The van der Waals surface area contributed by atoms with E-state index >= 15 is 0 Å². The summed E-state index contributed by atoms with van der Waals surface area (Å²) in [6, 6.07) is 6.27. The molecule has 1 nitrogen and oxygen atoms in total. The molecule has 4 heteroatoms. The first-order valence-electron chi connectivity index (χ1n) is 6.82. The van der Waals surface area contributed by atoms with Crippen LogP contribution < -0.4 is 5.32 Å². The highest BCUT2D eigenvalue weighted by molar-refractivity contribution is 5.26. The maximum Gasteiger partial charge on any atom is 0.416 e. The van der Waals surface area contributed by atoms with Crippen LogP contribution in [-0.2, 0) is 12.6 Å². The Balaban J connectivity index is 2.03. The lowest BCUT2D eigenvalue weighted by molar-refractivity contribution is -0.137. The van der Waals surface area contributed by atoms with Crippen LogP contribution in [0.25, 0.3) is 0 Å². The highest BCUT2D eigenvalue weighted by atomic mass is 19.4. The first kappa shape index (κ1) is 14.4. The third kappa shape index (κ3) is 3.96. The molecule has 0 amide bonds. The Morgan fingerprint density at radius 3 is 2.74 bits per heavy atom. The van der Waals surface area contributed by atoms with E-state index in [1.807, 2.05) is 7.05 Å². The molecule has 2 rings (SSSR count). The predicted molar refractivity (Wildman–Crippen MR) is 70.0 cm³/mol.